The first-order chi connectivity index (χ1) is 16.2. The highest BCUT2D eigenvalue weighted by Gasteiger charge is 2.33. The summed E-state index contributed by atoms with van der Waals surface area (Å²) in [6.07, 6.45) is -2.56. The van der Waals surface area contributed by atoms with E-state index in [9.17, 15) is 23.1 Å². The molecule has 0 saturated heterocycles. The number of para-hydroxylation sites is 1. The van der Waals surface area contributed by atoms with Gasteiger partial charge in [-0.2, -0.15) is 13.2 Å². The van der Waals surface area contributed by atoms with Gasteiger partial charge in [-0.3, -0.25) is 0 Å². The summed E-state index contributed by atoms with van der Waals surface area (Å²) in [6, 6.07) is 15.2. The molecule has 0 bridgehead atoms. The number of aliphatic hydroxyl groups is 1. The average molecular weight is 491 g/mol. The van der Waals surface area contributed by atoms with Gasteiger partial charge in [-0.15, -0.1) is 0 Å². The van der Waals surface area contributed by atoms with E-state index in [-0.39, 0.29) is 12.2 Å². The number of halogens is 4. The van der Waals surface area contributed by atoms with Crippen LogP contribution in [0.2, 0.25) is 5.02 Å². The quantitative estimate of drug-likeness (QED) is 0.366. The molecule has 0 spiro atoms. The van der Waals surface area contributed by atoms with E-state index in [2.05, 4.69) is 10.6 Å². The van der Waals surface area contributed by atoms with Gasteiger partial charge in [0.2, 0.25) is 0 Å². The third-order valence-corrected chi connectivity index (χ3v) is 5.90. The van der Waals surface area contributed by atoms with Crippen molar-refractivity contribution in [1.29, 1.82) is 0 Å². The summed E-state index contributed by atoms with van der Waals surface area (Å²) >= 11 is 5.61. The number of hydrogen-bond donors (Lipinski definition) is 3. The van der Waals surface area contributed by atoms with Crippen LogP contribution in [-0.4, -0.2) is 11.1 Å². The number of amides is 2. The number of nitrogens with one attached hydrogen (secondary N) is 2. The second-order valence-corrected chi connectivity index (χ2v) is 8.39. The van der Waals surface area contributed by atoms with Crippen LogP contribution in [0.4, 0.5) is 23.7 Å². The van der Waals surface area contributed by atoms with Crippen molar-refractivity contribution in [1.82, 2.24) is 5.32 Å². The van der Waals surface area contributed by atoms with Gasteiger partial charge in [-0.05, 0) is 66.8 Å². The van der Waals surface area contributed by atoms with Gasteiger partial charge >= 0.3 is 12.2 Å². The van der Waals surface area contributed by atoms with Gasteiger partial charge in [0.15, 0.2) is 0 Å². The van der Waals surface area contributed by atoms with Crippen LogP contribution >= 0.6 is 11.6 Å². The zero-order valence-electron chi connectivity index (χ0n) is 18.0. The molecule has 178 valence electrons. The summed E-state index contributed by atoms with van der Waals surface area (Å²) in [6.45, 7) is 0.0887. The molecule has 0 radical (unpaired) electrons. The fourth-order valence-electron chi connectivity index (χ4n) is 3.88. The first-order valence-corrected chi connectivity index (χ1v) is 11.1. The van der Waals surface area contributed by atoms with Crippen molar-refractivity contribution in [3.63, 3.8) is 0 Å². The van der Waals surface area contributed by atoms with E-state index in [1.54, 1.807) is 30.3 Å². The number of fused-ring (bicyclic) bond motifs is 1. The average Bonchev–Trinajstić information content (AvgIpc) is 2.79. The number of aliphatic hydroxyl groups excluding tert-OH is 1. The molecule has 1 aliphatic carbocycles. The number of aryl methyl sites for hydroxylation is 1. The monoisotopic (exact) mass is 490 g/mol. The van der Waals surface area contributed by atoms with Crippen molar-refractivity contribution in [2.45, 2.75) is 38.1 Å². The summed E-state index contributed by atoms with van der Waals surface area (Å²) in [4.78, 5) is 12.3. The minimum absolute atomic E-state index is 0.0324. The van der Waals surface area contributed by atoms with Gasteiger partial charge in [0.1, 0.15) is 11.5 Å². The largest absolute Gasteiger partial charge is 0.457 e. The first-order valence-electron chi connectivity index (χ1n) is 10.7. The molecule has 1 unspecified atom stereocenters. The van der Waals surface area contributed by atoms with Crippen LogP contribution in [-0.2, 0) is 19.1 Å². The number of ether oxygens (including phenoxy) is 1. The van der Waals surface area contributed by atoms with E-state index < -0.39 is 28.9 Å². The molecule has 9 heteroatoms. The van der Waals surface area contributed by atoms with E-state index in [4.69, 9.17) is 16.3 Å². The van der Waals surface area contributed by atoms with Crippen LogP contribution in [0.3, 0.4) is 0 Å². The first kappa shape index (κ1) is 23.9. The molecule has 0 heterocycles. The Balaban J connectivity index is 1.42. The molecular weight excluding hydrogens is 469 g/mol. The van der Waals surface area contributed by atoms with E-state index in [0.29, 0.717) is 17.1 Å². The van der Waals surface area contributed by atoms with Crippen molar-refractivity contribution in [2.75, 3.05) is 5.32 Å². The number of hydrogen-bond acceptors (Lipinski definition) is 3. The molecule has 2 amide bonds. The third kappa shape index (κ3) is 5.63. The summed E-state index contributed by atoms with van der Waals surface area (Å²) in [7, 11) is 0. The molecule has 0 aliphatic heterocycles. The Morgan fingerprint density at radius 3 is 2.71 bits per heavy atom. The molecule has 4 rings (SSSR count). The van der Waals surface area contributed by atoms with Crippen LogP contribution in [0.1, 0.15) is 41.2 Å². The fourth-order valence-corrected chi connectivity index (χ4v) is 4.10. The third-order valence-electron chi connectivity index (χ3n) is 5.57. The van der Waals surface area contributed by atoms with Gasteiger partial charge in [0.05, 0.1) is 16.7 Å². The number of anilines is 1. The maximum Gasteiger partial charge on any atom is 0.417 e. The zero-order chi connectivity index (χ0) is 24.3. The lowest BCUT2D eigenvalue weighted by Gasteiger charge is -2.22. The van der Waals surface area contributed by atoms with Crippen LogP contribution in [0.15, 0.2) is 60.7 Å². The molecule has 0 aromatic heterocycles. The molecule has 34 heavy (non-hydrogen) atoms. The van der Waals surface area contributed by atoms with E-state index in [1.807, 2.05) is 12.1 Å². The number of alkyl halides is 3. The predicted molar refractivity (Wildman–Crippen MR) is 123 cm³/mol. The Labute approximate surface area is 199 Å². The van der Waals surface area contributed by atoms with Gasteiger partial charge in [-0.25, -0.2) is 4.79 Å². The normalized spacial score (nSPS) is 15.4. The van der Waals surface area contributed by atoms with Gasteiger partial charge < -0.3 is 20.5 Å². The van der Waals surface area contributed by atoms with Crippen LogP contribution in [0.25, 0.3) is 0 Å². The molecule has 0 saturated carbocycles. The van der Waals surface area contributed by atoms with Crippen molar-refractivity contribution >= 4 is 23.3 Å². The van der Waals surface area contributed by atoms with Crippen LogP contribution < -0.4 is 15.4 Å². The molecule has 0 fully saturated rings. The van der Waals surface area contributed by atoms with Gasteiger partial charge in [0, 0.05) is 17.8 Å². The minimum Gasteiger partial charge on any atom is -0.457 e. The number of urea groups is 1. The summed E-state index contributed by atoms with van der Waals surface area (Å²) in [5.74, 6) is 1.15. The smallest absolute Gasteiger partial charge is 0.417 e. The lowest BCUT2D eigenvalue weighted by molar-refractivity contribution is -0.137. The number of carbonyl (C=O) groups is 1. The highest BCUT2D eigenvalue weighted by molar-refractivity contribution is 6.31. The standard InChI is InChI=1S/C25H22ClF3N2O3/c26-21-11-8-17(13-20(21)25(27,28)29)31-24(33)30-14-16-4-1-2-7-23(16)34-18-9-10-19-15(12-18)5-3-6-22(19)32/h1-2,4,7-13,22,32H,3,5-6,14H2,(H2,30,31,33). The Bertz CT molecular complexity index is 1200. The number of benzene rings is 3. The summed E-state index contributed by atoms with van der Waals surface area (Å²) in [5, 5.41) is 14.7. The van der Waals surface area contributed by atoms with Gasteiger partial charge in [-0.1, -0.05) is 35.9 Å². The molecule has 3 aromatic rings. The summed E-state index contributed by atoms with van der Waals surface area (Å²) in [5.41, 5.74) is 1.59. The van der Waals surface area contributed by atoms with Crippen molar-refractivity contribution < 1.29 is 27.8 Å². The van der Waals surface area contributed by atoms with Crippen molar-refractivity contribution in [3.05, 3.63) is 87.9 Å². The zero-order valence-corrected chi connectivity index (χ0v) is 18.7. The van der Waals surface area contributed by atoms with Crippen molar-refractivity contribution in [2.24, 2.45) is 0 Å². The molecular formula is C25H22ClF3N2O3. The minimum atomic E-state index is -4.63. The Hall–Kier alpha value is -3.23. The molecule has 3 aromatic carbocycles. The van der Waals surface area contributed by atoms with E-state index in [0.717, 1.165) is 42.5 Å². The van der Waals surface area contributed by atoms with E-state index in [1.165, 1.54) is 6.07 Å². The maximum atomic E-state index is 13.0. The van der Waals surface area contributed by atoms with Crippen LogP contribution in [0, 0.1) is 0 Å². The second kappa shape index (κ2) is 9.95. The van der Waals surface area contributed by atoms with Crippen LogP contribution in [0.5, 0.6) is 11.5 Å². The predicted octanol–water partition coefficient (Wildman–Crippen LogP) is 6.84. The number of rotatable bonds is 5. The Morgan fingerprint density at radius 2 is 1.91 bits per heavy atom. The highest BCUT2D eigenvalue weighted by Crippen LogP contribution is 2.36. The molecule has 1 aliphatic rings. The highest BCUT2D eigenvalue weighted by atomic mass is 35.5. The topological polar surface area (TPSA) is 70.6 Å². The Kier molecular flexibility index (Phi) is 7.00. The van der Waals surface area contributed by atoms with Gasteiger partial charge in [0.25, 0.3) is 0 Å². The van der Waals surface area contributed by atoms with E-state index >= 15 is 0 Å². The van der Waals surface area contributed by atoms with Crippen molar-refractivity contribution in [3.8, 4) is 11.5 Å². The second-order valence-electron chi connectivity index (χ2n) is 7.98. The number of carbonyl (C=O) groups excluding carboxylic acids is 1. The Morgan fingerprint density at radius 1 is 1.12 bits per heavy atom. The lowest BCUT2D eigenvalue weighted by atomic mass is 9.89. The SMILES string of the molecule is O=C(NCc1ccccc1Oc1ccc2c(c1)CCCC2O)Nc1ccc(Cl)c(C(F)(F)F)c1. The summed E-state index contributed by atoms with van der Waals surface area (Å²) < 4.78 is 45.1. The maximum absolute atomic E-state index is 13.0. The molecule has 3 N–H and O–H groups in total. The molecule has 1 atom stereocenters. The fraction of sp³-hybridized carbons (Fsp3) is 0.240. The molecule has 5 nitrogen and oxygen atoms in total. The lowest BCUT2D eigenvalue weighted by Crippen LogP contribution is -2.28.